The number of ether oxygens (including phenoxy) is 1. The Bertz CT molecular complexity index is 614. The van der Waals surface area contributed by atoms with Gasteiger partial charge in [0, 0.05) is 10.9 Å². The van der Waals surface area contributed by atoms with E-state index in [1.807, 2.05) is 35.7 Å². The number of nitrogens with one attached hydrogen (secondary N) is 1. The minimum atomic E-state index is -4.43. The fourth-order valence-corrected chi connectivity index (χ4v) is 2.36. The van der Waals surface area contributed by atoms with Crippen LogP contribution in [-0.2, 0) is 16.1 Å². The van der Waals surface area contributed by atoms with Gasteiger partial charge in [-0.05, 0) is 0 Å². The zero-order chi connectivity index (χ0) is 16.0. The molecule has 0 spiro atoms. The molecule has 2 aromatic rings. The van der Waals surface area contributed by atoms with E-state index in [1.54, 1.807) is 0 Å². The standard InChI is InChI=1S/C14H13F3N2O2S/c15-14(16,17)9-21-7-12(20)18-6-13-19-11(8-22-13)10-4-2-1-3-5-10/h1-5,8H,6-7,9H2,(H,18,20). The molecule has 2 rings (SSSR count). The maximum Gasteiger partial charge on any atom is 0.411 e. The molecule has 1 N–H and O–H groups in total. The van der Waals surface area contributed by atoms with Crippen LogP contribution in [0.15, 0.2) is 35.7 Å². The van der Waals surface area contributed by atoms with Crippen LogP contribution in [0, 0.1) is 0 Å². The number of amides is 1. The lowest BCUT2D eigenvalue weighted by Gasteiger charge is -2.07. The molecule has 0 aliphatic heterocycles. The first kappa shape index (κ1) is 16.4. The third kappa shape index (κ3) is 5.45. The van der Waals surface area contributed by atoms with Gasteiger partial charge in [-0.25, -0.2) is 4.98 Å². The predicted molar refractivity (Wildman–Crippen MR) is 76.3 cm³/mol. The smallest absolute Gasteiger partial charge is 0.362 e. The molecule has 0 fully saturated rings. The Hall–Kier alpha value is -1.93. The summed E-state index contributed by atoms with van der Waals surface area (Å²) >= 11 is 1.37. The zero-order valence-electron chi connectivity index (χ0n) is 11.4. The van der Waals surface area contributed by atoms with Crippen molar-refractivity contribution in [3.8, 4) is 11.3 Å². The van der Waals surface area contributed by atoms with Crippen LogP contribution < -0.4 is 5.32 Å². The monoisotopic (exact) mass is 330 g/mol. The molecule has 1 aromatic heterocycles. The number of thiazole rings is 1. The SMILES string of the molecule is O=C(COCC(F)(F)F)NCc1nc(-c2ccccc2)cs1. The summed E-state index contributed by atoms with van der Waals surface area (Å²) in [6.45, 7) is -1.90. The molecule has 0 saturated heterocycles. The van der Waals surface area contributed by atoms with E-state index in [0.717, 1.165) is 11.3 Å². The number of aromatic nitrogens is 1. The van der Waals surface area contributed by atoms with Crippen LogP contribution in [0.1, 0.15) is 5.01 Å². The Morgan fingerprint density at radius 2 is 2.00 bits per heavy atom. The number of halogens is 3. The third-order valence-corrected chi connectivity index (χ3v) is 3.41. The fraction of sp³-hybridized carbons (Fsp3) is 0.286. The van der Waals surface area contributed by atoms with E-state index in [2.05, 4.69) is 15.0 Å². The van der Waals surface area contributed by atoms with E-state index < -0.39 is 25.3 Å². The van der Waals surface area contributed by atoms with Crippen molar-refractivity contribution in [2.24, 2.45) is 0 Å². The molecule has 4 nitrogen and oxygen atoms in total. The summed E-state index contributed by atoms with van der Waals surface area (Å²) in [6, 6.07) is 9.53. The highest BCUT2D eigenvalue weighted by Gasteiger charge is 2.27. The number of nitrogens with zero attached hydrogens (tertiary/aromatic N) is 1. The minimum Gasteiger partial charge on any atom is -0.362 e. The summed E-state index contributed by atoms with van der Waals surface area (Å²) in [5.41, 5.74) is 1.76. The Labute approximate surface area is 128 Å². The highest BCUT2D eigenvalue weighted by molar-refractivity contribution is 7.09. The average molecular weight is 330 g/mol. The van der Waals surface area contributed by atoms with E-state index in [9.17, 15) is 18.0 Å². The van der Waals surface area contributed by atoms with Gasteiger partial charge in [0.2, 0.25) is 5.91 Å². The molecular formula is C14H13F3N2O2S. The molecule has 0 saturated carbocycles. The van der Waals surface area contributed by atoms with E-state index in [4.69, 9.17) is 0 Å². The highest BCUT2D eigenvalue weighted by atomic mass is 32.1. The van der Waals surface area contributed by atoms with E-state index >= 15 is 0 Å². The van der Waals surface area contributed by atoms with Gasteiger partial charge in [0.05, 0.1) is 12.2 Å². The van der Waals surface area contributed by atoms with Crippen molar-refractivity contribution in [1.29, 1.82) is 0 Å². The Morgan fingerprint density at radius 3 is 2.68 bits per heavy atom. The van der Waals surface area contributed by atoms with Gasteiger partial charge in [-0.15, -0.1) is 11.3 Å². The first-order valence-corrected chi connectivity index (χ1v) is 7.23. The molecule has 22 heavy (non-hydrogen) atoms. The first-order valence-electron chi connectivity index (χ1n) is 6.35. The number of carbonyl (C=O) groups is 1. The van der Waals surface area contributed by atoms with Crippen molar-refractivity contribution in [3.63, 3.8) is 0 Å². The lowest BCUT2D eigenvalue weighted by Crippen LogP contribution is -2.29. The lowest BCUT2D eigenvalue weighted by molar-refractivity contribution is -0.175. The Kier molecular flexibility index (Phi) is 5.51. The van der Waals surface area contributed by atoms with E-state index in [1.165, 1.54) is 11.3 Å². The highest BCUT2D eigenvalue weighted by Crippen LogP contribution is 2.21. The summed E-state index contributed by atoms with van der Waals surface area (Å²) in [4.78, 5) is 15.7. The molecule has 1 amide bonds. The van der Waals surface area contributed by atoms with Crippen molar-refractivity contribution in [1.82, 2.24) is 10.3 Å². The van der Waals surface area contributed by atoms with Crippen molar-refractivity contribution in [2.75, 3.05) is 13.2 Å². The third-order valence-electron chi connectivity index (χ3n) is 2.56. The summed E-state index contributed by atoms with van der Waals surface area (Å²) in [6.07, 6.45) is -4.43. The summed E-state index contributed by atoms with van der Waals surface area (Å²) in [5, 5.41) is 4.99. The van der Waals surface area contributed by atoms with Gasteiger partial charge in [0.25, 0.3) is 0 Å². The van der Waals surface area contributed by atoms with Crippen LogP contribution in [0.3, 0.4) is 0 Å². The Morgan fingerprint density at radius 1 is 1.27 bits per heavy atom. The largest absolute Gasteiger partial charge is 0.411 e. The maximum atomic E-state index is 11.9. The molecule has 0 atom stereocenters. The number of alkyl halides is 3. The summed E-state index contributed by atoms with van der Waals surface area (Å²) in [7, 11) is 0. The number of hydrogen-bond acceptors (Lipinski definition) is 4. The van der Waals surface area contributed by atoms with Crippen molar-refractivity contribution >= 4 is 17.2 Å². The van der Waals surface area contributed by atoms with Crippen LogP contribution in [0.25, 0.3) is 11.3 Å². The molecule has 118 valence electrons. The van der Waals surface area contributed by atoms with Gasteiger partial charge in [-0.2, -0.15) is 13.2 Å². The normalized spacial score (nSPS) is 11.4. The van der Waals surface area contributed by atoms with Gasteiger partial charge in [0.1, 0.15) is 18.2 Å². The zero-order valence-corrected chi connectivity index (χ0v) is 12.2. The molecule has 0 radical (unpaired) electrons. The van der Waals surface area contributed by atoms with Gasteiger partial charge in [-0.1, -0.05) is 30.3 Å². The van der Waals surface area contributed by atoms with Crippen molar-refractivity contribution < 1.29 is 22.7 Å². The Balaban J connectivity index is 1.78. The predicted octanol–water partition coefficient (Wildman–Crippen LogP) is 3.01. The molecule has 0 unspecified atom stereocenters. The van der Waals surface area contributed by atoms with Crippen molar-refractivity contribution in [3.05, 3.63) is 40.7 Å². The van der Waals surface area contributed by atoms with Gasteiger partial charge < -0.3 is 10.1 Å². The molecule has 8 heteroatoms. The number of benzene rings is 1. The van der Waals surface area contributed by atoms with Crippen LogP contribution in [0.4, 0.5) is 13.2 Å². The summed E-state index contributed by atoms with van der Waals surface area (Å²) < 4.78 is 39.8. The number of carbonyl (C=O) groups excluding carboxylic acids is 1. The second kappa shape index (κ2) is 7.37. The van der Waals surface area contributed by atoms with Crippen molar-refractivity contribution in [2.45, 2.75) is 12.7 Å². The van der Waals surface area contributed by atoms with Crippen LogP contribution in [0.2, 0.25) is 0 Å². The number of hydrogen-bond donors (Lipinski definition) is 1. The molecule has 1 heterocycles. The van der Waals surface area contributed by atoms with Crippen LogP contribution >= 0.6 is 11.3 Å². The second-order valence-corrected chi connectivity index (χ2v) is 5.32. The second-order valence-electron chi connectivity index (χ2n) is 4.38. The minimum absolute atomic E-state index is 0.158. The van der Waals surface area contributed by atoms with E-state index in [0.29, 0.717) is 5.01 Å². The lowest BCUT2D eigenvalue weighted by atomic mass is 10.2. The van der Waals surface area contributed by atoms with Gasteiger partial charge in [-0.3, -0.25) is 4.79 Å². The molecule has 0 aliphatic rings. The molecular weight excluding hydrogens is 317 g/mol. The van der Waals surface area contributed by atoms with Crippen LogP contribution in [0.5, 0.6) is 0 Å². The van der Waals surface area contributed by atoms with E-state index in [-0.39, 0.29) is 6.54 Å². The number of rotatable bonds is 6. The van der Waals surface area contributed by atoms with Gasteiger partial charge in [0.15, 0.2) is 0 Å². The first-order chi connectivity index (χ1) is 10.4. The molecule has 0 aliphatic carbocycles. The quantitative estimate of drug-likeness (QED) is 0.886. The average Bonchev–Trinajstić information content (AvgIpc) is 2.94. The fourth-order valence-electron chi connectivity index (χ4n) is 1.62. The van der Waals surface area contributed by atoms with Crippen LogP contribution in [-0.4, -0.2) is 30.3 Å². The summed E-state index contributed by atoms with van der Waals surface area (Å²) in [5.74, 6) is -0.610. The van der Waals surface area contributed by atoms with Gasteiger partial charge >= 0.3 is 6.18 Å². The maximum absolute atomic E-state index is 11.9. The molecule has 0 bridgehead atoms. The topological polar surface area (TPSA) is 51.2 Å². The molecule has 1 aromatic carbocycles.